The predicted octanol–water partition coefficient (Wildman–Crippen LogP) is 4.05. The van der Waals surface area contributed by atoms with Crippen molar-refractivity contribution in [3.63, 3.8) is 0 Å². The van der Waals surface area contributed by atoms with E-state index in [0.29, 0.717) is 5.92 Å². The Morgan fingerprint density at radius 1 is 1.04 bits per heavy atom. The van der Waals surface area contributed by atoms with E-state index in [2.05, 4.69) is 44.9 Å². The number of piperidine rings is 1. The molecule has 3 aromatic heterocycles. The van der Waals surface area contributed by atoms with Crippen molar-refractivity contribution in [3.8, 4) is 11.3 Å². The number of aromatic nitrogens is 5. The van der Waals surface area contributed by atoms with Gasteiger partial charge in [0.05, 0.1) is 5.69 Å². The highest BCUT2D eigenvalue weighted by atomic mass is 16.5. The average Bonchev–Trinajstić information content (AvgIpc) is 3.19. The lowest BCUT2D eigenvalue weighted by molar-refractivity contribution is 0.325. The van der Waals surface area contributed by atoms with Crippen molar-refractivity contribution in [1.82, 2.24) is 25.1 Å². The van der Waals surface area contributed by atoms with Gasteiger partial charge in [-0.05, 0) is 44.9 Å². The van der Waals surface area contributed by atoms with E-state index in [0.717, 1.165) is 66.2 Å². The summed E-state index contributed by atoms with van der Waals surface area (Å²) in [6, 6.07) is 6.05. The maximum atomic E-state index is 5.49. The van der Waals surface area contributed by atoms with Crippen molar-refractivity contribution in [3.05, 3.63) is 47.5 Å². The molecule has 0 bridgehead atoms. The van der Waals surface area contributed by atoms with Gasteiger partial charge in [-0.2, -0.15) is 4.98 Å². The Morgan fingerprint density at radius 3 is 2.50 bits per heavy atom. The number of pyridine rings is 1. The molecule has 0 spiro atoms. The summed E-state index contributed by atoms with van der Waals surface area (Å²) in [6.45, 7) is 9.92. The first-order chi connectivity index (χ1) is 13.5. The van der Waals surface area contributed by atoms with E-state index in [-0.39, 0.29) is 5.92 Å². The minimum Gasteiger partial charge on any atom is -0.341 e. The van der Waals surface area contributed by atoms with Gasteiger partial charge >= 0.3 is 0 Å². The molecule has 0 atom stereocenters. The van der Waals surface area contributed by atoms with Crippen molar-refractivity contribution >= 4 is 5.95 Å². The van der Waals surface area contributed by atoms with Gasteiger partial charge in [-0.25, -0.2) is 9.97 Å². The highest BCUT2D eigenvalue weighted by Crippen LogP contribution is 2.30. The van der Waals surface area contributed by atoms with Crippen LogP contribution in [0.3, 0.4) is 0 Å². The molecular formula is C21H26N6O. The quantitative estimate of drug-likeness (QED) is 0.677. The van der Waals surface area contributed by atoms with E-state index in [4.69, 9.17) is 9.51 Å². The van der Waals surface area contributed by atoms with Gasteiger partial charge in [-0.1, -0.05) is 19.0 Å². The molecular weight excluding hydrogens is 352 g/mol. The zero-order valence-electron chi connectivity index (χ0n) is 16.9. The molecule has 146 valence electrons. The number of hydrogen-bond acceptors (Lipinski definition) is 7. The first kappa shape index (κ1) is 18.5. The zero-order valence-corrected chi connectivity index (χ0v) is 16.9. The summed E-state index contributed by atoms with van der Waals surface area (Å²) in [4.78, 5) is 20.7. The third kappa shape index (κ3) is 3.74. The lowest BCUT2D eigenvalue weighted by atomic mass is 9.97. The fourth-order valence-corrected chi connectivity index (χ4v) is 3.58. The van der Waals surface area contributed by atoms with Gasteiger partial charge in [0.1, 0.15) is 0 Å². The highest BCUT2D eigenvalue weighted by Gasteiger charge is 2.27. The molecule has 1 aliphatic heterocycles. The molecule has 7 nitrogen and oxygen atoms in total. The summed E-state index contributed by atoms with van der Waals surface area (Å²) in [6.07, 6.45) is 3.74. The molecule has 1 saturated heterocycles. The Hall–Kier alpha value is -2.83. The van der Waals surface area contributed by atoms with Crippen molar-refractivity contribution in [2.24, 2.45) is 0 Å². The van der Waals surface area contributed by atoms with E-state index < -0.39 is 0 Å². The molecule has 28 heavy (non-hydrogen) atoms. The smallest absolute Gasteiger partial charge is 0.229 e. The van der Waals surface area contributed by atoms with E-state index in [9.17, 15) is 0 Å². The molecule has 0 radical (unpaired) electrons. The summed E-state index contributed by atoms with van der Waals surface area (Å²) in [5, 5.41) is 4.10. The summed E-state index contributed by atoms with van der Waals surface area (Å²) in [5.41, 5.74) is 3.96. The summed E-state index contributed by atoms with van der Waals surface area (Å²) in [5.74, 6) is 2.91. The van der Waals surface area contributed by atoms with Gasteiger partial charge < -0.3 is 9.42 Å². The van der Waals surface area contributed by atoms with Crippen LogP contribution in [0.2, 0.25) is 0 Å². The van der Waals surface area contributed by atoms with Crippen molar-refractivity contribution in [2.45, 2.75) is 52.4 Å². The third-order valence-corrected chi connectivity index (χ3v) is 5.24. The normalized spacial score (nSPS) is 15.4. The SMILES string of the molecule is Cc1ccc(-c2ccnc(N3CCC(c4nc(C(C)C)no4)CC3)n2)c(C)n1. The van der Waals surface area contributed by atoms with Gasteiger partial charge in [-0.3, -0.25) is 4.98 Å². The third-order valence-electron chi connectivity index (χ3n) is 5.24. The Bertz CT molecular complexity index is 959. The predicted molar refractivity (Wildman–Crippen MR) is 107 cm³/mol. The fraction of sp³-hybridized carbons (Fsp3) is 0.476. The Kier molecular flexibility index (Phi) is 5.07. The van der Waals surface area contributed by atoms with E-state index in [1.807, 2.05) is 32.2 Å². The molecule has 7 heteroatoms. The van der Waals surface area contributed by atoms with E-state index in [1.165, 1.54) is 0 Å². The number of aryl methyl sites for hydroxylation is 2. The highest BCUT2D eigenvalue weighted by molar-refractivity contribution is 5.62. The van der Waals surface area contributed by atoms with Crippen LogP contribution in [-0.4, -0.2) is 38.2 Å². The summed E-state index contributed by atoms with van der Waals surface area (Å²) >= 11 is 0. The maximum absolute atomic E-state index is 5.49. The minimum absolute atomic E-state index is 0.286. The van der Waals surface area contributed by atoms with Crippen LogP contribution in [0.5, 0.6) is 0 Å². The molecule has 1 fully saturated rings. The lowest BCUT2D eigenvalue weighted by Crippen LogP contribution is -2.34. The Labute approximate surface area is 165 Å². The second-order valence-corrected chi connectivity index (χ2v) is 7.73. The molecule has 4 rings (SSSR count). The van der Waals surface area contributed by atoms with Crippen LogP contribution in [0.25, 0.3) is 11.3 Å². The molecule has 0 aliphatic carbocycles. The van der Waals surface area contributed by atoms with Crippen LogP contribution in [0.4, 0.5) is 5.95 Å². The average molecular weight is 378 g/mol. The molecule has 0 amide bonds. The Morgan fingerprint density at radius 2 is 1.82 bits per heavy atom. The van der Waals surface area contributed by atoms with Crippen molar-refractivity contribution in [1.29, 1.82) is 0 Å². The monoisotopic (exact) mass is 378 g/mol. The van der Waals surface area contributed by atoms with Crippen LogP contribution in [0.1, 0.15) is 61.6 Å². The van der Waals surface area contributed by atoms with Crippen LogP contribution in [0.15, 0.2) is 28.9 Å². The van der Waals surface area contributed by atoms with Crippen molar-refractivity contribution < 1.29 is 4.52 Å². The first-order valence-corrected chi connectivity index (χ1v) is 9.87. The molecule has 0 aromatic carbocycles. The lowest BCUT2D eigenvalue weighted by Gasteiger charge is -2.30. The van der Waals surface area contributed by atoms with Gasteiger partial charge in [0.25, 0.3) is 0 Å². The van der Waals surface area contributed by atoms with E-state index >= 15 is 0 Å². The molecule has 4 heterocycles. The van der Waals surface area contributed by atoms with Crippen molar-refractivity contribution in [2.75, 3.05) is 18.0 Å². The fourth-order valence-electron chi connectivity index (χ4n) is 3.58. The molecule has 0 saturated carbocycles. The van der Waals surface area contributed by atoms with Crippen LogP contribution in [0, 0.1) is 13.8 Å². The van der Waals surface area contributed by atoms with Gasteiger partial charge in [-0.15, -0.1) is 0 Å². The second-order valence-electron chi connectivity index (χ2n) is 7.73. The largest absolute Gasteiger partial charge is 0.341 e. The van der Waals surface area contributed by atoms with Crippen LogP contribution in [-0.2, 0) is 0 Å². The van der Waals surface area contributed by atoms with E-state index in [1.54, 1.807) is 0 Å². The Balaban J connectivity index is 1.47. The van der Waals surface area contributed by atoms with Crippen LogP contribution >= 0.6 is 0 Å². The molecule has 3 aromatic rings. The first-order valence-electron chi connectivity index (χ1n) is 9.87. The zero-order chi connectivity index (χ0) is 19.7. The number of anilines is 1. The second kappa shape index (κ2) is 7.66. The van der Waals surface area contributed by atoms with Gasteiger partial charge in [0.2, 0.25) is 11.8 Å². The maximum Gasteiger partial charge on any atom is 0.229 e. The van der Waals surface area contributed by atoms with Gasteiger partial charge in [0.15, 0.2) is 5.82 Å². The number of hydrogen-bond donors (Lipinski definition) is 0. The topological polar surface area (TPSA) is 80.8 Å². The molecule has 0 N–H and O–H groups in total. The number of nitrogens with zero attached hydrogens (tertiary/aromatic N) is 6. The molecule has 0 unspecified atom stereocenters. The summed E-state index contributed by atoms with van der Waals surface area (Å²) < 4.78 is 5.49. The molecule has 1 aliphatic rings. The number of rotatable bonds is 4. The summed E-state index contributed by atoms with van der Waals surface area (Å²) in [7, 11) is 0. The van der Waals surface area contributed by atoms with Gasteiger partial charge in [0, 0.05) is 48.1 Å². The van der Waals surface area contributed by atoms with Crippen LogP contribution < -0.4 is 4.90 Å². The minimum atomic E-state index is 0.286. The standard InChI is InChI=1S/C21H26N6O/c1-13(2)19-25-20(28-26-19)16-8-11-27(12-9-16)21-22-10-7-18(24-21)17-6-5-14(3)23-15(17)4/h5-7,10,13,16H,8-9,11-12H2,1-4H3.